The van der Waals surface area contributed by atoms with Gasteiger partial charge in [0.1, 0.15) is 0 Å². The molecular weight excluding hydrogens is 252 g/mol. The predicted molar refractivity (Wildman–Crippen MR) is 95.3 cm³/mol. The second-order valence-electron chi connectivity index (χ2n) is 7.14. The largest absolute Gasteiger partial charge is 0.125 e. The van der Waals surface area contributed by atoms with E-state index >= 15 is 0 Å². The monoisotopic (exact) mass is 288 g/mol. The molecule has 0 spiro atoms. The van der Waals surface area contributed by atoms with Crippen molar-refractivity contribution < 1.29 is 0 Å². The van der Waals surface area contributed by atoms with Crippen molar-refractivity contribution in [2.24, 2.45) is 29.6 Å². The van der Waals surface area contributed by atoms with Crippen LogP contribution in [0.4, 0.5) is 0 Å². The van der Waals surface area contributed by atoms with E-state index in [2.05, 4.69) is 53.5 Å². The van der Waals surface area contributed by atoms with E-state index < -0.39 is 0 Å². The molecule has 0 bridgehead atoms. The van der Waals surface area contributed by atoms with Crippen LogP contribution >= 0.6 is 0 Å². The Balaban J connectivity index is 2.77. The Morgan fingerprint density at radius 3 is 2.10 bits per heavy atom. The van der Waals surface area contributed by atoms with Crippen LogP contribution in [0.2, 0.25) is 0 Å². The lowest BCUT2D eigenvalue weighted by molar-refractivity contribution is 0.376. The summed E-state index contributed by atoms with van der Waals surface area (Å²) in [5.74, 6) is 4.00. The maximum absolute atomic E-state index is 4.46. The molecule has 3 unspecified atom stereocenters. The lowest BCUT2D eigenvalue weighted by atomic mass is 9.91. The molecule has 120 valence electrons. The highest BCUT2D eigenvalue weighted by molar-refractivity contribution is 5.35. The average Bonchev–Trinajstić information content (AvgIpc) is 3.20. The maximum Gasteiger partial charge on any atom is -0.00374 e. The second kappa shape index (κ2) is 8.64. The summed E-state index contributed by atoms with van der Waals surface area (Å²) in [5, 5.41) is 0. The van der Waals surface area contributed by atoms with Crippen molar-refractivity contribution in [3.63, 3.8) is 0 Å². The van der Waals surface area contributed by atoms with Gasteiger partial charge in [0.25, 0.3) is 0 Å². The van der Waals surface area contributed by atoms with E-state index in [-0.39, 0.29) is 0 Å². The molecule has 3 atom stereocenters. The van der Waals surface area contributed by atoms with Crippen LogP contribution in [0.3, 0.4) is 0 Å². The van der Waals surface area contributed by atoms with Crippen molar-refractivity contribution in [1.82, 2.24) is 0 Å². The van der Waals surface area contributed by atoms with Gasteiger partial charge in [0.05, 0.1) is 0 Å². The Bertz CT molecular complexity index is 377. The van der Waals surface area contributed by atoms with E-state index in [0.29, 0.717) is 5.92 Å². The summed E-state index contributed by atoms with van der Waals surface area (Å²) in [5.41, 5.74) is 5.87. The van der Waals surface area contributed by atoms with Gasteiger partial charge in [-0.15, -0.1) is 5.73 Å². The molecule has 0 amide bonds. The van der Waals surface area contributed by atoms with Crippen LogP contribution in [-0.2, 0) is 0 Å². The fourth-order valence-electron chi connectivity index (χ4n) is 4.24. The van der Waals surface area contributed by atoms with Gasteiger partial charge in [-0.3, -0.25) is 0 Å². The van der Waals surface area contributed by atoms with Crippen LogP contribution < -0.4 is 0 Å². The fourth-order valence-corrected chi connectivity index (χ4v) is 4.24. The molecule has 0 heterocycles. The summed E-state index contributed by atoms with van der Waals surface area (Å²) in [6, 6.07) is 0. The highest BCUT2D eigenvalue weighted by atomic mass is 14.6. The molecule has 0 aliphatic heterocycles. The molecule has 1 aliphatic rings. The SMILES string of the molecule is C=C=C(CCCCC)C(=C)C1C(C(C)C)C1C(CC)CC. The Hall–Kier alpha value is -0.740. The maximum atomic E-state index is 4.46. The first-order valence-corrected chi connectivity index (χ1v) is 9.11. The Kier molecular flexibility index (Phi) is 7.53. The van der Waals surface area contributed by atoms with E-state index in [0.717, 1.165) is 30.1 Å². The summed E-state index contributed by atoms with van der Waals surface area (Å²) >= 11 is 0. The summed E-state index contributed by atoms with van der Waals surface area (Å²) < 4.78 is 0. The van der Waals surface area contributed by atoms with Gasteiger partial charge in [-0.1, -0.05) is 73.5 Å². The quantitative estimate of drug-likeness (QED) is 0.236. The van der Waals surface area contributed by atoms with Crippen LogP contribution in [0.5, 0.6) is 0 Å². The topological polar surface area (TPSA) is 0 Å². The van der Waals surface area contributed by atoms with Gasteiger partial charge in [0.2, 0.25) is 0 Å². The molecule has 1 rings (SSSR count). The van der Waals surface area contributed by atoms with E-state index in [9.17, 15) is 0 Å². The number of allylic oxidation sites excluding steroid dienone is 2. The third-order valence-corrected chi connectivity index (χ3v) is 5.53. The zero-order valence-electron chi connectivity index (χ0n) is 15.0. The summed E-state index contributed by atoms with van der Waals surface area (Å²) in [7, 11) is 0. The lowest BCUT2D eigenvalue weighted by Crippen LogP contribution is -2.04. The Morgan fingerprint density at radius 1 is 1.05 bits per heavy atom. The number of rotatable bonds is 10. The molecule has 0 aromatic carbocycles. The first-order chi connectivity index (χ1) is 10.0. The smallest absolute Gasteiger partial charge is 0.00374 e. The van der Waals surface area contributed by atoms with Gasteiger partial charge < -0.3 is 0 Å². The molecule has 0 aromatic rings. The van der Waals surface area contributed by atoms with E-state index in [1.807, 2.05) is 0 Å². The molecule has 0 saturated heterocycles. The minimum absolute atomic E-state index is 0.695. The summed E-state index contributed by atoms with van der Waals surface area (Å²) in [6.07, 6.45) is 7.54. The van der Waals surface area contributed by atoms with Gasteiger partial charge in [-0.05, 0) is 53.6 Å². The van der Waals surface area contributed by atoms with Gasteiger partial charge >= 0.3 is 0 Å². The van der Waals surface area contributed by atoms with Crippen molar-refractivity contribution in [3.05, 3.63) is 30.0 Å². The minimum Gasteiger partial charge on any atom is -0.125 e. The van der Waals surface area contributed by atoms with Gasteiger partial charge in [0, 0.05) is 0 Å². The van der Waals surface area contributed by atoms with Crippen molar-refractivity contribution in [2.75, 3.05) is 0 Å². The lowest BCUT2D eigenvalue weighted by Gasteiger charge is -2.14. The molecule has 1 saturated carbocycles. The zero-order chi connectivity index (χ0) is 16.0. The van der Waals surface area contributed by atoms with Crippen molar-refractivity contribution in [2.45, 2.75) is 73.1 Å². The van der Waals surface area contributed by atoms with Gasteiger partial charge in [-0.2, -0.15) is 0 Å². The highest BCUT2D eigenvalue weighted by Gasteiger charge is 2.55. The normalized spacial score (nSPS) is 24.2. The van der Waals surface area contributed by atoms with Crippen LogP contribution in [0.1, 0.15) is 73.1 Å². The molecule has 0 aromatic heterocycles. The molecule has 0 radical (unpaired) electrons. The number of unbranched alkanes of at least 4 members (excludes halogenated alkanes) is 2. The molecule has 0 N–H and O–H groups in total. The van der Waals surface area contributed by atoms with Crippen LogP contribution in [0, 0.1) is 29.6 Å². The molecule has 21 heavy (non-hydrogen) atoms. The van der Waals surface area contributed by atoms with Crippen LogP contribution in [0.15, 0.2) is 30.0 Å². The minimum atomic E-state index is 0.695. The predicted octanol–water partition coefficient (Wildman–Crippen LogP) is 6.79. The van der Waals surface area contributed by atoms with Gasteiger partial charge in [0.15, 0.2) is 0 Å². The van der Waals surface area contributed by atoms with Crippen molar-refractivity contribution in [3.8, 4) is 0 Å². The summed E-state index contributed by atoms with van der Waals surface area (Å²) in [6.45, 7) is 20.1. The second-order valence-corrected chi connectivity index (χ2v) is 7.14. The van der Waals surface area contributed by atoms with Crippen molar-refractivity contribution >= 4 is 0 Å². The Labute approximate surface area is 133 Å². The van der Waals surface area contributed by atoms with E-state index in [1.165, 1.54) is 43.3 Å². The molecule has 0 nitrogen and oxygen atoms in total. The van der Waals surface area contributed by atoms with E-state index in [4.69, 9.17) is 0 Å². The van der Waals surface area contributed by atoms with Crippen LogP contribution in [-0.4, -0.2) is 0 Å². The molecule has 1 fully saturated rings. The summed E-state index contributed by atoms with van der Waals surface area (Å²) in [4.78, 5) is 0. The van der Waals surface area contributed by atoms with Gasteiger partial charge in [-0.25, -0.2) is 0 Å². The molecular formula is C21H36. The first-order valence-electron chi connectivity index (χ1n) is 9.11. The number of hydrogen-bond acceptors (Lipinski definition) is 0. The third kappa shape index (κ3) is 4.36. The highest BCUT2D eigenvalue weighted by Crippen LogP contribution is 2.60. The standard InChI is InChI=1S/C21H36/c1-8-12-13-14-18(11-4)16(7)20-19(15(5)6)21(20)17(9-2)10-3/h15,17,19-21H,4,7-10,12-14H2,1-3,5-6H3. The van der Waals surface area contributed by atoms with E-state index in [1.54, 1.807) is 0 Å². The number of hydrogen-bond donors (Lipinski definition) is 0. The van der Waals surface area contributed by atoms with Crippen LogP contribution in [0.25, 0.3) is 0 Å². The fraction of sp³-hybridized carbons (Fsp3) is 0.762. The first kappa shape index (κ1) is 18.3. The third-order valence-electron chi connectivity index (χ3n) is 5.53. The Morgan fingerprint density at radius 2 is 1.67 bits per heavy atom. The average molecular weight is 289 g/mol. The molecule has 1 aliphatic carbocycles. The molecule has 0 heteroatoms. The van der Waals surface area contributed by atoms with Crippen molar-refractivity contribution in [1.29, 1.82) is 0 Å². The zero-order valence-corrected chi connectivity index (χ0v) is 15.0.